The number of fused-ring (bicyclic) bond motifs is 2. The third-order valence-corrected chi connectivity index (χ3v) is 8.24. The van der Waals surface area contributed by atoms with Gasteiger partial charge in [-0.05, 0) is 63.2 Å². The van der Waals surface area contributed by atoms with Crippen molar-refractivity contribution in [1.82, 2.24) is 4.90 Å². The van der Waals surface area contributed by atoms with Crippen LogP contribution in [-0.2, 0) is 19.1 Å². The minimum Gasteiger partial charge on any atom is -0.351 e. The summed E-state index contributed by atoms with van der Waals surface area (Å²) in [7, 11) is 0. The maximum atomic E-state index is 13.1. The molecule has 0 N–H and O–H groups in total. The largest absolute Gasteiger partial charge is 0.351 e. The van der Waals surface area contributed by atoms with Gasteiger partial charge in [-0.25, -0.2) is 0 Å². The molecule has 3 aliphatic rings. The number of hydrogen-bond acceptors (Lipinski definition) is 4. The third-order valence-electron chi connectivity index (χ3n) is 8.24. The first-order valence-electron chi connectivity index (χ1n) is 17.5. The summed E-state index contributed by atoms with van der Waals surface area (Å²) in [4.78, 5) is 27.4. The molecular weight excluding hydrogens is 522 g/mol. The van der Waals surface area contributed by atoms with E-state index in [0.29, 0.717) is 24.7 Å². The van der Waals surface area contributed by atoms with Gasteiger partial charge in [0.25, 0.3) is 11.8 Å². The van der Waals surface area contributed by atoms with Gasteiger partial charge in [0, 0.05) is 24.4 Å². The molecule has 0 saturated heterocycles. The van der Waals surface area contributed by atoms with Crippen LogP contribution in [-0.4, -0.2) is 42.8 Å². The molecule has 0 spiro atoms. The number of allylic oxidation sites excluding steroid dienone is 5. The van der Waals surface area contributed by atoms with Crippen LogP contribution in [0.4, 0.5) is 0 Å². The SMILES string of the molecule is CC.CCCCC/C=C\C/C=C\CCCCCCCCOC(CN1C(=O)C2=C(C1=O)C1CC1C=C2)OCCCCCC. The quantitative estimate of drug-likeness (QED) is 0.0491. The first-order chi connectivity index (χ1) is 20.7. The van der Waals surface area contributed by atoms with Gasteiger partial charge >= 0.3 is 0 Å². The van der Waals surface area contributed by atoms with Gasteiger partial charge in [-0.15, -0.1) is 0 Å². The van der Waals surface area contributed by atoms with E-state index < -0.39 is 6.29 Å². The first kappa shape index (κ1) is 36.2. The Balaban J connectivity index is 0.00000301. The molecule has 42 heavy (non-hydrogen) atoms. The molecule has 0 aromatic rings. The molecule has 3 unspecified atom stereocenters. The molecule has 1 aliphatic heterocycles. The van der Waals surface area contributed by atoms with Crippen LogP contribution in [0.1, 0.15) is 137 Å². The normalized spacial score (nSPS) is 20.0. The van der Waals surface area contributed by atoms with Crippen LogP contribution in [0.2, 0.25) is 0 Å². The first-order valence-corrected chi connectivity index (χ1v) is 17.5. The standard InChI is InChI=1S/C35H55NO4.C2H6/c1-3-5-7-9-10-11-12-13-14-15-16-17-18-19-20-22-26-40-32(39-25-21-8-6-4-2)28-36-34(37)30-24-23-29-27-31(29)33(30)35(36)38;1-2/h10-11,13-14,23-24,29,31-32H,3-9,12,15-22,25-28H2,1-2H3;1-2H3/b11-10-,14-13-;. The van der Waals surface area contributed by atoms with Crippen molar-refractivity contribution >= 4 is 11.8 Å². The van der Waals surface area contributed by atoms with E-state index in [0.717, 1.165) is 44.1 Å². The third kappa shape index (κ3) is 13.1. The Kier molecular flexibility index (Phi) is 19.4. The van der Waals surface area contributed by atoms with E-state index in [1.54, 1.807) is 0 Å². The van der Waals surface area contributed by atoms with E-state index in [-0.39, 0.29) is 24.3 Å². The fourth-order valence-corrected chi connectivity index (χ4v) is 5.63. The molecule has 0 radical (unpaired) electrons. The molecule has 0 aromatic heterocycles. The van der Waals surface area contributed by atoms with Crippen molar-refractivity contribution < 1.29 is 19.1 Å². The summed E-state index contributed by atoms with van der Waals surface area (Å²) < 4.78 is 12.1. The zero-order valence-corrected chi connectivity index (χ0v) is 27.4. The van der Waals surface area contributed by atoms with E-state index in [2.05, 4.69) is 44.2 Å². The number of unbranched alkanes of at least 4 members (excludes halogenated alkanes) is 12. The zero-order valence-electron chi connectivity index (χ0n) is 27.4. The molecule has 1 heterocycles. The fourth-order valence-electron chi connectivity index (χ4n) is 5.63. The maximum absolute atomic E-state index is 13.1. The summed E-state index contributed by atoms with van der Waals surface area (Å²) >= 11 is 0. The van der Waals surface area contributed by atoms with Crippen molar-refractivity contribution in [2.75, 3.05) is 19.8 Å². The molecule has 3 atom stereocenters. The van der Waals surface area contributed by atoms with Crippen molar-refractivity contribution in [2.24, 2.45) is 11.8 Å². The smallest absolute Gasteiger partial charge is 0.261 e. The van der Waals surface area contributed by atoms with Gasteiger partial charge in [0.15, 0.2) is 6.29 Å². The molecule has 2 amide bonds. The Bertz CT molecular complexity index is 886. The number of nitrogens with zero attached hydrogens (tertiary/aromatic N) is 1. The van der Waals surface area contributed by atoms with Crippen LogP contribution >= 0.6 is 0 Å². The van der Waals surface area contributed by atoms with Crippen molar-refractivity contribution in [3.8, 4) is 0 Å². The van der Waals surface area contributed by atoms with Crippen molar-refractivity contribution in [3.63, 3.8) is 0 Å². The Labute approximate surface area is 257 Å². The van der Waals surface area contributed by atoms with E-state index in [9.17, 15) is 9.59 Å². The van der Waals surface area contributed by atoms with Gasteiger partial charge in [0.2, 0.25) is 0 Å². The van der Waals surface area contributed by atoms with Crippen LogP contribution < -0.4 is 0 Å². The Morgan fingerprint density at radius 3 is 1.95 bits per heavy atom. The zero-order chi connectivity index (χ0) is 30.4. The molecule has 1 saturated carbocycles. The number of ether oxygens (including phenoxy) is 2. The summed E-state index contributed by atoms with van der Waals surface area (Å²) in [5.41, 5.74) is 1.32. The number of imide groups is 1. The molecule has 5 nitrogen and oxygen atoms in total. The molecule has 3 rings (SSSR count). The van der Waals surface area contributed by atoms with Gasteiger partial charge in [-0.1, -0.05) is 122 Å². The second-order valence-electron chi connectivity index (χ2n) is 11.7. The van der Waals surface area contributed by atoms with Gasteiger partial charge < -0.3 is 9.47 Å². The highest BCUT2D eigenvalue weighted by molar-refractivity contribution is 6.21. The molecule has 0 aromatic carbocycles. The molecule has 2 aliphatic carbocycles. The second kappa shape index (κ2) is 22.5. The number of amides is 2. The van der Waals surface area contributed by atoms with Gasteiger partial charge in [-0.3, -0.25) is 14.5 Å². The van der Waals surface area contributed by atoms with Crippen LogP contribution in [0.3, 0.4) is 0 Å². The van der Waals surface area contributed by atoms with E-state index >= 15 is 0 Å². The highest BCUT2D eigenvalue weighted by Crippen LogP contribution is 2.51. The average Bonchev–Trinajstić information content (AvgIpc) is 3.76. The molecule has 1 fully saturated rings. The Hall–Kier alpha value is -1.98. The highest BCUT2D eigenvalue weighted by Gasteiger charge is 2.51. The Morgan fingerprint density at radius 1 is 0.762 bits per heavy atom. The van der Waals surface area contributed by atoms with E-state index in [4.69, 9.17) is 9.47 Å². The number of hydrogen-bond donors (Lipinski definition) is 0. The number of carbonyl (C=O) groups is 2. The lowest BCUT2D eigenvalue weighted by Gasteiger charge is -2.24. The van der Waals surface area contributed by atoms with Crippen LogP contribution in [0.15, 0.2) is 47.6 Å². The monoisotopic (exact) mass is 583 g/mol. The molecular formula is C37H61NO4. The number of rotatable bonds is 24. The lowest BCUT2D eigenvalue weighted by molar-refractivity contribution is -0.165. The van der Waals surface area contributed by atoms with Crippen molar-refractivity contribution in [2.45, 2.75) is 143 Å². The van der Waals surface area contributed by atoms with E-state index in [1.165, 1.54) is 75.5 Å². The summed E-state index contributed by atoms with van der Waals surface area (Å²) in [6, 6.07) is 0. The Morgan fingerprint density at radius 2 is 1.31 bits per heavy atom. The topological polar surface area (TPSA) is 55.8 Å². The van der Waals surface area contributed by atoms with Crippen LogP contribution in [0, 0.1) is 11.8 Å². The fraction of sp³-hybridized carbons (Fsp3) is 0.730. The summed E-state index contributed by atoms with van der Waals surface area (Å²) in [6.45, 7) is 9.83. The van der Waals surface area contributed by atoms with Crippen LogP contribution in [0.5, 0.6) is 0 Å². The maximum Gasteiger partial charge on any atom is 0.261 e. The minimum atomic E-state index is -0.548. The predicted molar refractivity (Wildman–Crippen MR) is 175 cm³/mol. The lowest BCUT2D eigenvalue weighted by Crippen LogP contribution is -2.40. The van der Waals surface area contributed by atoms with Crippen LogP contribution in [0.25, 0.3) is 0 Å². The lowest BCUT2D eigenvalue weighted by atomic mass is 9.99. The highest BCUT2D eigenvalue weighted by atomic mass is 16.7. The van der Waals surface area contributed by atoms with Gasteiger partial charge in [0.05, 0.1) is 6.54 Å². The van der Waals surface area contributed by atoms with Gasteiger partial charge in [0.1, 0.15) is 0 Å². The molecule has 5 heteroatoms. The summed E-state index contributed by atoms with van der Waals surface area (Å²) in [5, 5.41) is 0. The van der Waals surface area contributed by atoms with E-state index in [1.807, 2.05) is 19.9 Å². The summed E-state index contributed by atoms with van der Waals surface area (Å²) in [6.07, 6.45) is 32.6. The summed E-state index contributed by atoms with van der Waals surface area (Å²) in [5.74, 6) is 0.377. The predicted octanol–water partition coefficient (Wildman–Crippen LogP) is 9.64. The second-order valence-corrected chi connectivity index (χ2v) is 11.7. The number of carbonyl (C=O) groups excluding carboxylic acids is 2. The molecule has 0 bridgehead atoms. The van der Waals surface area contributed by atoms with Crippen molar-refractivity contribution in [3.05, 3.63) is 47.6 Å². The minimum absolute atomic E-state index is 0.131. The van der Waals surface area contributed by atoms with Crippen molar-refractivity contribution in [1.29, 1.82) is 0 Å². The average molecular weight is 584 g/mol. The molecule has 238 valence electrons. The van der Waals surface area contributed by atoms with Gasteiger partial charge in [-0.2, -0.15) is 0 Å².